The van der Waals surface area contributed by atoms with Gasteiger partial charge in [-0.3, -0.25) is 14.4 Å². The lowest BCUT2D eigenvalue weighted by atomic mass is 10.1. The van der Waals surface area contributed by atoms with E-state index in [1.54, 1.807) is 30.3 Å². The molecule has 0 saturated heterocycles. The highest BCUT2D eigenvalue weighted by Crippen LogP contribution is 2.15. The van der Waals surface area contributed by atoms with Gasteiger partial charge in [-0.1, -0.05) is 23.7 Å². The van der Waals surface area contributed by atoms with Gasteiger partial charge in [0.1, 0.15) is 6.54 Å². The van der Waals surface area contributed by atoms with Gasteiger partial charge in [-0.2, -0.15) is 0 Å². The Morgan fingerprint density at radius 1 is 0.957 bits per heavy atom. The van der Waals surface area contributed by atoms with Gasteiger partial charge in [0.15, 0.2) is 0 Å². The SMILES string of the molecule is O=C(O)CNC(=O)c1cccc(NC(=O)c2cccc(Cl)c2)c1. The summed E-state index contributed by atoms with van der Waals surface area (Å²) in [4.78, 5) is 34.4. The van der Waals surface area contributed by atoms with Crippen LogP contribution in [0.1, 0.15) is 20.7 Å². The van der Waals surface area contributed by atoms with E-state index in [1.807, 2.05) is 0 Å². The van der Waals surface area contributed by atoms with Crippen molar-refractivity contribution in [2.24, 2.45) is 0 Å². The molecule has 0 bridgehead atoms. The Labute approximate surface area is 137 Å². The third kappa shape index (κ3) is 4.82. The van der Waals surface area contributed by atoms with Crippen molar-refractivity contribution in [1.29, 1.82) is 0 Å². The largest absolute Gasteiger partial charge is 0.480 e. The third-order valence-corrected chi connectivity index (χ3v) is 3.10. The predicted octanol–water partition coefficient (Wildman–Crippen LogP) is 2.41. The summed E-state index contributed by atoms with van der Waals surface area (Å²) < 4.78 is 0. The zero-order valence-corrected chi connectivity index (χ0v) is 12.6. The number of carboxylic acids is 1. The van der Waals surface area contributed by atoms with Crippen LogP contribution in [0.2, 0.25) is 5.02 Å². The molecule has 0 aliphatic rings. The number of hydrogen-bond acceptors (Lipinski definition) is 3. The standard InChI is InChI=1S/C16H13ClN2O4/c17-12-5-1-3-10(7-12)16(23)19-13-6-2-4-11(8-13)15(22)18-9-14(20)21/h1-8H,9H2,(H,18,22)(H,19,23)(H,20,21). The fourth-order valence-electron chi connectivity index (χ4n) is 1.83. The summed E-state index contributed by atoms with van der Waals surface area (Å²) in [5.41, 5.74) is 1.05. The molecule has 23 heavy (non-hydrogen) atoms. The van der Waals surface area contributed by atoms with Crippen LogP contribution in [0.3, 0.4) is 0 Å². The Bertz CT molecular complexity index is 761. The Morgan fingerprint density at radius 2 is 1.61 bits per heavy atom. The van der Waals surface area contributed by atoms with Gasteiger partial charge < -0.3 is 15.7 Å². The van der Waals surface area contributed by atoms with E-state index in [0.29, 0.717) is 16.3 Å². The molecule has 2 aromatic carbocycles. The zero-order valence-electron chi connectivity index (χ0n) is 11.9. The molecule has 0 aliphatic heterocycles. The number of carbonyl (C=O) groups excluding carboxylic acids is 2. The van der Waals surface area contributed by atoms with Crippen LogP contribution in [0, 0.1) is 0 Å². The summed E-state index contributed by atoms with van der Waals surface area (Å²) in [5.74, 6) is -2.04. The second kappa shape index (κ2) is 7.42. The maximum Gasteiger partial charge on any atom is 0.322 e. The Balaban J connectivity index is 2.09. The molecule has 3 N–H and O–H groups in total. The van der Waals surface area contributed by atoms with Crippen molar-refractivity contribution < 1.29 is 19.5 Å². The molecule has 118 valence electrons. The van der Waals surface area contributed by atoms with Crippen LogP contribution in [-0.4, -0.2) is 29.4 Å². The van der Waals surface area contributed by atoms with Crippen molar-refractivity contribution in [3.05, 3.63) is 64.7 Å². The van der Waals surface area contributed by atoms with Crippen molar-refractivity contribution in [1.82, 2.24) is 5.32 Å². The molecule has 0 radical (unpaired) electrons. The van der Waals surface area contributed by atoms with Gasteiger partial charge in [-0.15, -0.1) is 0 Å². The summed E-state index contributed by atoms with van der Waals surface area (Å²) in [6, 6.07) is 12.6. The second-order valence-electron chi connectivity index (χ2n) is 4.62. The van der Waals surface area contributed by atoms with Crippen LogP contribution in [0.4, 0.5) is 5.69 Å². The third-order valence-electron chi connectivity index (χ3n) is 2.87. The average Bonchev–Trinajstić information content (AvgIpc) is 2.52. The number of carbonyl (C=O) groups is 3. The van der Waals surface area contributed by atoms with Gasteiger partial charge in [0.2, 0.25) is 0 Å². The number of nitrogens with one attached hydrogen (secondary N) is 2. The smallest absolute Gasteiger partial charge is 0.322 e. The van der Waals surface area contributed by atoms with E-state index in [9.17, 15) is 14.4 Å². The van der Waals surface area contributed by atoms with Crippen LogP contribution in [0.5, 0.6) is 0 Å². The molecule has 2 amide bonds. The van der Waals surface area contributed by atoms with E-state index in [1.165, 1.54) is 18.2 Å². The first kappa shape index (κ1) is 16.5. The maximum atomic E-state index is 12.1. The highest BCUT2D eigenvalue weighted by atomic mass is 35.5. The van der Waals surface area contributed by atoms with Gasteiger partial charge in [0.25, 0.3) is 11.8 Å². The molecule has 0 spiro atoms. The number of amides is 2. The summed E-state index contributed by atoms with van der Waals surface area (Å²) in [6.45, 7) is -0.474. The molecule has 0 aliphatic carbocycles. The van der Waals surface area contributed by atoms with Crippen molar-refractivity contribution in [2.75, 3.05) is 11.9 Å². The molecule has 2 aromatic rings. The first-order valence-corrected chi connectivity index (χ1v) is 7.00. The van der Waals surface area contributed by atoms with Crippen LogP contribution in [0.25, 0.3) is 0 Å². The number of carboxylic acid groups (broad SMARTS) is 1. The second-order valence-corrected chi connectivity index (χ2v) is 5.06. The normalized spacial score (nSPS) is 9.96. The van der Waals surface area contributed by atoms with E-state index in [0.717, 1.165) is 0 Å². The highest BCUT2D eigenvalue weighted by molar-refractivity contribution is 6.31. The summed E-state index contributed by atoms with van der Waals surface area (Å²) in [7, 11) is 0. The zero-order chi connectivity index (χ0) is 16.8. The summed E-state index contributed by atoms with van der Waals surface area (Å²) in [6.07, 6.45) is 0. The number of benzene rings is 2. The topological polar surface area (TPSA) is 95.5 Å². The Kier molecular flexibility index (Phi) is 5.32. The first-order valence-electron chi connectivity index (χ1n) is 6.62. The van der Waals surface area contributed by atoms with Crippen LogP contribution in [0.15, 0.2) is 48.5 Å². The number of rotatable bonds is 5. The molecule has 0 aromatic heterocycles. The molecule has 7 heteroatoms. The van der Waals surface area contributed by atoms with E-state index >= 15 is 0 Å². The lowest BCUT2D eigenvalue weighted by Gasteiger charge is -2.08. The fraction of sp³-hybridized carbons (Fsp3) is 0.0625. The van der Waals surface area contributed by atoms with Crippen LogP contribution >= 0.6 is 11.6 Å². The molecular formula is C16H13ClN2O4. The molecule has 0 fully saturated rings. The lowest BCUT2D eigenvalue weighted by Crippen LogP contribution is -2.29. The average molecular weight is 333 g/mol. The fourth-order valence-corrected chi connectivity index (χ4v) is 2.02. The van der Waals surface area contributed by atoms with Crippen molar-refractivity contribution in [3.8, 4) is 0 Å². The van der Waals surface area contributed by atoms with Crippen LogP contribution < -0.4 is 10.6 Å². The minimum atomic E-state index is -1.14. The molecule has 0 atom stereocenters. The molecule has 2 rings (SSSR count). The van der Waals surface area contributed by atoms with Gasteiger partial charge in [-0.05, 0) is 36.4 Å². The highest BCUT2D eigenvalue weighted by Gasteiger charge is 2.10. The molecular weight excluding hydrogens is 320 g/mol. The van der Waals surface area contributed by atoms with Crippen molar-refractivity contribution in [2.45, 2.75) is 0 Å². The van der Waals surface area contributed by atoms with E-state index in [4.69, 9.17) is 16.7 Å². The number of halogens is 1. The maximum absolute atomic E-state index is 12.1. The minimum absolute atomic E-state index is 0.246. The van der Waals surface area contributed by atoms with Gasteiger partial charge in [0.05, 0.1) is 0 Å². The number of aliphatic carboxylic acids is 1. The van der Waals surface area contributed by atoms with E-state index in [2.05, 4.69) is 10.6 Å². The van der Waals surface area contributed by atoms with Crippen molar-refractivity contribution >= 4 is 35.1 Å². The summed E-state index contributed by atoms with van der Waals surface area (Å²) >= 11 is 5.84. The molecule has 0 heterocycles. The Morgan fingerprint density at radius 3 is 2.26 bits per heavy atom. The Hall–Kier alpha value is -2.86. The van der Waals surface area contributed by atoms with Gasteiger partial charge >= 0.3 is 5.97 Å². The monoisotopic (exact) mass is 332 g/mol. The molecule has 0 unspecified atom stereocenters. The van der Waals surface area contributed by atoms with E-state index < -0.39 is 18.4 Å². The number of hydrogen-bond donors (Lipinski definition) is 3. The quantitative estimate of drug-likeness (QED) is 0.783. The first-order chi connectivity index (χ1) is 11.0. The molecule has 6 nitrogen and oxygen atoms in total. The number of anilines is 1. The van der Waals surface area contributed by atoms with Gasteiger partial charge in [-0.25, -0.2) is 0 Å². The van der Waals surface area contributed by atoms with E-state index in [-0.39, 0.29) is 11.5 Å². The van der Waals surface area contributed by atoms with Gasteiger partial charge in [0, 0.05) is 21.8 Å². The minimum Gasteiger partial charge on any atom is -0.480 e. The lowest BCUT2D eigenvalue weighted by molar-refractivity contribution is -0.135. The predicted molar refractivity (Wildman–Crippen MR) is 85.8 cm³/mol. The van der Waals surface area contributed by atoms with Crippen molar-refractivity contribution in [3.63, 3.8) is 0 Å². The van der Waals surface area contributed by atoms with Crippen LogP contribution in [-0.2, 0) is 4.79 Å². The summed E-state index contributed by atoms with van der Waals surface area (Å²) in [5, 5.41) is 13.9. The molecule has 0 saturated carbocycles.